The van der Waals surface area contributed by atoms with Crippen LogP contribution < -0.4 is 5.32 Å². The molecule has 1 amide bonds. The lowest BCUT2D eigenvalue weighted by Crippen LogP contribution is -2.56. The van der Waals surface area contributed by atoms with Gasteiger partial charge in [0, 0.05) is 55.9 Å². The number of hydrogen-bond donors (Lipinski definition) is 2. The first-order valence-electron chi connectivity index (χ1n) is 8.06. The minimum absolute atomic E-state index is 0. The fourth-order valence-electron chi connectivity index (χ4n) is 4.01. The van der Waals surface area contributed by atoms with Crippen molar-refractivity contribution >= 4 is 18.3 Å². The number of piperazine rings is 1. The third-order valence-electron chi connectivity index (χ3n) is 5.21. The van der Waals surface area contributed by atoms with Gasteiger partial charge in [-0.05, 0) is 26.3 Å². The van der Waals surface area contributed by atoms with Gasteiger partial charge >= 0.3 is 0 Å². The van der Waals surface area contributed by atoms with Gasteiger partial charge in [-0.15, -0.1) is 12.4 Å². The number of halogens is 1. The topological polar surface area (TPSA) is 64.3 Å². The summed E-state index contributed by atoms with van der Waals surface area (Å²) in [6, 6.07) is 0.828. The number of H-pyrrole nitrogens is 1. The molecule has 1 aromatic rings. The zero-order valence-corrected chi connectivity index (χ0v) is 13.8. The van der Waals surface area contributed by atoms with Gasteiger partial charge in [0.25, 0.3) is 5.91 Å². The van der Waals surface area contributed by atoms with Crippen LogP contribution in [0.4, 0.5) is 0 Å². The number of nitrogens with zero attached hydrogens (tertiary/aromatic N) is 3. The van der Waals surface area contributed by atoms with Crippen LogP contribution in [0.3, 0.4) is 0 Å². The fourth-order valence-corrected chi connectivity index (χ4v) is 4.01. The molecule has 1 aromatic heterocycles. The van der Waals surface area contributed by atoms with E-state index in [9.17, 15) is 4.79 Å². The standard InChI is InChI=1S/C15H23N5O.ClH/c1-10-8-19-6-2-3-11(19)9-20(10)15(21)14-12-7-16-5-4-13(12)17-18-14;/h10-11,16H,2-9H2,1H3,(H,17,18);1H. The van der Waals surface area contributed by atoms with E-state index in [1.807, 2.05) is 4.90 Å². The van der Waals surface area contributed by atoms with Crippen LogP contribution in [0.2, 0.25) is 0 Å². The number of aromatic amines is 1. The Hall–Kier alpha value is -1.11. The molecular weight excluding hydrogens is 302 g/mol. The van der Waals surface area contributed by atoms with Gasteiger partial charge in [-0.1, -0.05) is 0 Å². The Bertz CT molecular complexity index is 560. The van der Waals surface area contributed by atoms with Gasteiger partial charge in [0.05, 0.1) is 0 Å². The molecule has 0 aromatic carbocycles. The molecule has 4 rings (SSSR count). The number of fused-ring (bicyclic) bond motifs is 2. The van der Waals surface area contributed by atoms with Crippen molar-refractivity contribution in [2.24, 2.45) is 0 Å². The Morgan fingerprint density at radius 1 is 1.36 bits per heavy atom. The molecule has 2 N–H and O–H groups in total. The molecule has 22 heavy (non-hydrogen) atoms. The average molecular weight is 326 g/mol. The molecule has 0 radical (unpaired) electrons. The van der Waals surface area contributed by atoms with Crippen LogP contribution in [0.1, 0.15) is 41.5 Å². The first-order chi connectivity index (χ1) is 10.2. The molecular formula is C15H24ClN5O. The van der Waals surface area contributed by atoms with Crippen molar-refractivity contribution in [2.75, 3.05) is 26.2 Å². The largest absolute Gasteiger partial charge is 0.332 e. The van der Waals surface area contributed by atoms with Crippen molar-refractivity contribution in [3.63, 3.8) is 0 Å². The summed E-state index contributed by atoms with van der Waals surface area (Å²) in [6.07, 6.45) is 3.42. The van der Waals surface area contributed by atoms with Gasteiger partial charge in [0.1, 0.15) is 0 Å². The summed E-state index contributed by atoms with van der Waals surface area (Å²) in [7, 11) is 0. The minimum Gasteiger partial charge on any atom is -0.332 e. The van der Waals surface area contributed by atoms with Crippen LogP contribution in [-0.2, 0) is 13.0 Å². The maximum absolute atomic E-state index is 12.9. The Kier molecular flexibility index (Phi) is 4.43. The van der Waals surface area contributed by atoms with E-state index in [4.69, 9.17) is 0 Å². The highest BCUT2D eigenvalue weighted by molar-refractivity contribution is 5.94. The van der Waals surface area contributed by atoms with E-state index in [2.05, 4.69) is 27.3 Å². The highest BCUT2D eigenvalue weighted by Gasteiger charge is 2.38. The van der Waals surface area contributed by atoms with Crippen LogP contribution in [0.15, 0.2) is 0 Å². The van der Waals surface area contributed by atoms with Gasteiger partial charge in [0.15, 0.2) is 5.69 Å². The molecule has 2 unspecified atom stereocenters. The van der Waals surface area contributed by atoms with Crippen LogP contribution in [-0.4, -0.2) is 64.2 Å². The van der Waals surface area contributed by atoms with Crippen molar-refractivity contribution in [3.8, 4) is 0 Å². The summed E-state index contributed by atoms with van der Waals surface area (Å²) in [5, 5.41) is 10.7. The summed E-state index contributed by atoms with van der Waals surface area (Å²) in [4.78, 5) is 17.5. The fraction of sp³-hybridized carbons (Fsp3) is 0.733. The minimum atomic E-state index is 0. The maximum Gasteiger partial charge on any atom is 0.275 e. The monoisotopic (exact) mass is 325 g/mol. The lowest BCUT2D eigenvalue weighted by molar-refractivity contribution is 0.0389. The van der Waals surface area contributed by atoms with Gasteiger partial charge in [-0.25, -0.2) is 0 Å². The summed E-state index contributed by atoms with van der Waals surface area (Å²) in [5.41, 5.74) is 2.84. The number of rotatable bonds is 1. The van der Waals surface area contributed by atoms with Gasteiger partial charge in [0.2, 0.25) is 0 Å². The van der Waals surface area contributed by atoms with E-state index in [0.717, 1.165) is 43.9 Å². The molecule has 7 heteroatoms. The second kappa shape index (κ2) is 6.18. The molecule has 2 saturated heterocycles. The lowest BCUT2D eigenvalue weighted by Gasteiger charge is -2.42. The normalized spacial score (nSPS) is 28.0. The Morgan fingerprint density at radius 2 is 2.23 bits per heavy atom. The van der Waals surface area contributed by atoms with Gasteiger partial charge < -0.3 is 10.2 Å². The Balaban J connectivity index is 0.00000144. The number of nitrogens with one attached hydrogen (secondary N) is 2. The quantitative estimate of drug-likeness (QED) is 0.801. The highest BCUT2D eigenvalue weighted by atomic mass is 35.5. The molecule has 0 saturated carbocycles. The van der Waals surface area contributed by atoms with E-state index in [-0.39, 0.29) is 24.4 Å². The van der Waals surface area contributed by atoms with Crippen LogP contribution in [0, 0.1) is 0 Å². The second-order valence-corrected chi connectivity index (χ2v) is 6.55. The molecule has 0 spiro atoms. The third-order valence-corrected chi connectivity index (χ3v) is 5.21. The first-order valence-corrected chi connectivity index (χ1v) is 8.06. The predicted octanol–water partition coefficient (Wildman–Crippen LogP) is 0.786. The predicted molar refractivity (Wildman–Crippen MR) is 86.3 cm³/mol. The summed E-state index contributed by atoms with van der Waals surface area (Å²) in [5.74, 6) is 0.107. The Labute approximate surface area is 137 Å². The second-order valence-electron chi connectivity index (χ2n) is 6.55. The maximum atomic E-state index is 12.9. The lowest BCUT2D eigenvalue weighted by atomic mass is 10.0. The van der Waals surface area contributed by atoms with E-state index in [1.165, 1.54) is 19.4 Å². The number of amides is 1. The van der Waals surface area contributed by atoms with Gasteiger partial charge in [-0.2, -0.15) is 5.10 Å². The van der Waals surface area contributed by atoms with Crippen molar-refractivity contribution in [2.45, 2.75) is 44.8 Å². The molecule has 2 atom stereocenters. The number of hydrogen-bond acceptors (Lipinski definition) is 4. The molecule has 6 nitrogen and oxygen atoms in total. The van der Waals surface area contributed by atoms with Crippen molar-refractivity contribution in [1.82, 2.24) is 25.3 Å². The summed E-state index contributed by atoms with van der Waals surface area (Å²) < 4.78 is 0. The van der Waals surface area contributed by atoms with Crippen LogP contribution in [0.5, 0.6) is 0 Å². The molecule has 3 aliphatic rings. The molecule has 4 heterocycles. The number of carbonyl (C=O) groups is 1. The number of carbonyl (C=O) groups excluding carboxylic acids is 1. The Morgan fingerprint density at radius 3 is 3.09 bits per heavy atom. The molecule has 0 aliphatic carbocycles. The zero-order chi connectivity index (χ0) is 14.4. The van der Waals surface area contributed by atoms with Crippen molar-refractivity contribution < 1.29 is 4.79 Å². The third kappa shape index (κ3) is 2.53. The first kappa shape index (κ1) is 15.8. The average Bonchev–Trinajstić information content (AvgIpc) is 3.11. The molecule has 0 bridgehead atoms. The molecule has 3 aliphatic heterocycles. The van der Waals surface area contributed by atoms with Crippen LogP contribution >= 0.6 is 12.4 Å². The molecule has 122 valence electrons. The van der Waals surface area contributed by atoms with E-state index in [0.29, 0.717) is 11.7 Å². The van der Waals surface area contributed by atoms with E-state index in [1.54, 1.807) is 0 Å². The van der Waals surface area contributed by atoms with E-state index < -0.39 is 0 Å². The zero-order valence-electron chi connectivity index (χ0n) is 13.0. The van der Waals surface area contributed by atoms with Gasteiger partial charge in [-0.3, -0.25) is 14.8 Å². The van der Waals surface area contributed by atoms with Crippen molar-refractivity contribution in [1.29, 1.82) is 0 Å². The van der Waals surface area contributed by atoms with Crippen molar-refractivity contribution in [3.05, 3.63) is 17.0 Å². The molecule has 2 fully saturated rings. The summed E-state index contributed by atoms with van der Waals surface area (Å²) >= 11 is 0. The van der Waals surface area contributed by atoms with E-state index >= 15 is 0 Å². The highest BCUT2D eigenvalue weighted by Crippen LogP contribution is 2.26. The number of aromatic nitrogens is 2. The van der Waals surface area contributed by atoms with Crippen LogP contribution in [0.25, 0.3) is 0 Å². The SMILES string of the molecule is CC1CN2CCCC2CN1C(=O)c1n[nH]c2c1CNCC2.Cl. The smallest absolute Gasteiger partial charge is 0.275 e. The summed E-state index contributed by atoms with van der Waals surface area (Å²) in [6.45, 7) is 6.92.